The van der Waals surface area contributed by atoms with Crippen LogP contribution in [0, 0.1) is 5.82 Å². The zero-order chi connectivity index (χ0) is 32.7. The number of rotatable bonds is 13. The Bertz CT molecular complexity index is 1570. The van der Waals surface area contributed by atoms with E-state index in [1.54, 1.807) is 32.9 Å². The maximum absolute atomic E-state index is 14.3. The maximum atomic E-state index is 14.3. The highest BCUT2D eigenvalue weighted by atomic mass is 19.1. The number of halogens is 1. The molecule has 0 radical (unpaired) electrons. The molecule has 0 fully saturated rings. The van der Waals surface area contributed by atoms with Gasteiger partial charge >= 0.3 is 5.97 Å². The average Bonchev–Trinajstić information content (AvgIpc) is 3.32. The van der Waals surface area contributed by atoms with Gasteiger partial charge in [-0.05, 0) is 80.5 Å². The fourth-order valence-electron chi connectivity index (χ4n) is 5.78. The largest absolute Gasteiger partial charge is 0.460 e. The summed E-state index contributed by atoms with van der Waals surface area (Å²) >= 11 is 0. The molecule has 0 spiro atoms. The van der Waals surface area contributed by atoms with Crippen LogP contribution in [0.1, 0.15) is 81.4 Å². The smallest absolute Gasteiger partial charge is 0.308 e. The highest BCUT2D eigenvalue weighted by Crippen LogP contribution is 2.43. The van der Waals surface area contributed by atoms with Crippen LogP contribution in [0.5, 0.6) is 0 Å². The van der Waals surface area contributed by atoms with Crippen molar-refractivity contribution >= 4 is 11.8 Å². The van der Waals surface area contributed by atoms with Crippen molar-refractivity contribution in [1.82, 2.24) is 4.57 Å². The number of Topliss-reactive ketones (excluding diaryl/α,β-unsaturated/α-hetero) is 1. The Morgan fingerprint density at radius 3 is 2.02 bits per heavy atom. The lowest BCUT2D eigenvalue weighted by Crippen LogP contribution is -2.28. The molecule has 0 bridgehead atoms. The molecule has 0 aliphatic rings. The molecule has 0 saturated carbocycles. The van der Waals surface area contributed by atoms with Crippen LogP contribution in [0.25, 0.3) is 22.4 Å². The van der Waals surface area contributed by atoms with Crippen molar-refractivity contribution in [2.24, 2.45) is 0 Å². The highest BCUT2D eigenvalue weighted by Gasteiger charge is 2.31. The van der Waals surface area contributed by atoms with E-state index in [9.17, 15) is 24.2 Å². The first-order chi connectivity index (χ1) is 21.3. The predicted molar refractivity (Wildman–Crippen MR) is 176 cm³/mol. The highest BCUT2D eigenvalue weighted by molar-refractivity contribution is 6.08. The number of nitrogens with zero attached hydrogens (tertiary/aromatic N) is 1. The first-order valence-corrected chi connectivity index (χ1v) is 15.6. The van der Waals surface area contributed by atoms with E-state index in [-0.39, 0.29) is 43.2 Å². The Morgan fingerprint density at radius 1 is 0.844 bits per heavy atom. The van der Waals surface area contributed by atoms with Gasteiger partial charge in [-0.25, -0.2) is 4.39 Å². The SMILES string of the molecule is CC(C)c1c(C(=O)Cc2ccccc2)c(-c2ccccc2)c(-c2ccc(F)cc2)n1CCC(O)CC(O)CC(=O)OC(C)(C)C. The Balaban J connectivity index is 1.78. The first kappa shape index (κ1) is 33.8. The maximum Gasteiger partial charge on any atom is 0.308 e. The molecule has 0 saturated heterocycles. The van der Waals surface area contributed by atoms with Crippen LogP contribution in [0.15, 0.2) is 84.9 Å². The lowest BCUT2D eigenvalue weighted by atomic mass is 9.90. The molecular formula is C38H44FNO5. The molecule has 2 atom stereocenters. The number of esters is 1. The Kier molecular flexibility index (Phi) is 11.1. The van der Waals surface area contributed by atoms with E-state index in [0.717, 1.165) is 33.6 Å². The van der Waals surface area contributed by atoms with Gasteiger partial charge in [0.25, 0.3) is 0 Å². The van der Waals surface area contributed by atoms with Crippen molar-refractivity contribution in [3.63, 3.8) is 0 Å². The lowest BCUT2D eigenvalue weighted by Gasteiger charge is -2.22. The number of aliphatic hydroxyl groups is 2. The number of aromatic nitrogens is 1. The van der Waals surface area contributed by atoms with E-state index in [4.69, 9.17) is 4.74 Å². The summed E-state index contributed by atoms with van der Waals surface area (Å²) in [5.41, 5.74) is 4.82. The summed E-state index contributed by atoms with van der Waals surface area (Å²) in [6.45, 7) is 9.69. The van der Waals surface area contributed by atoms with E-state index in [1.807, 2.05) is 74.5 Å². The second-order valence-corrected chi connectivity index (χ2v) is 12.9. The quantitative estimate of drug-likeness (QED) is 0.119. The molecule has 0 amide bonds. The summed E-state index contributed by atoms with van der Waals surface area (Å²) in [4.78, 5) is 26.5. The second-order valence-electron chi connectivity index (χ2n) is 12.9. The Morgan fingerprint density at radius 2 is 1.44 bits per heavy atom. The zero-order valence-electron chi connectivity index (χ0n) is 26.8. The normalized spacial score (nSPS) is 13.1. The van der Waals surface area contributed by atoms with Crippen molar-refractivity contribution in [3.05, 3.63) is 108 Å². The molecule has 1 heterocycles. The summed E-state index contributed by atoms with van der Waals surface area (Å²) in [7, 11) is 0. The Hall–Kier alpha value is -4.07. The van der Waals surface area contributed by atoms with Crippen LogP contribution in [-0.2, 0) is 22.5 Å². The summed E-state index contributed by atoms with van der Waals surface area (Å²) in [6.07, 6.45) is -1.74. The minimum atomic E-state index is -1.07. The molecule has 2 N–H and O–H groups in total. The van der Waals surface area contributed by atoms with E-state index in [2.05, 4.69) is 4.57 Å². The van der Waals surface area contributed by atoms with Gasteiger partial charge in [0.1, 0.15) is 11.4 Å². The van der Waals surface area contributed by atoms with Crippen LogP contribution >= 0.6 is 0 Å². The van der Waals surface area contributed by atoms with Gasteiger partial charge in [-0.15, -0.1) is 0 Å². The molecule has 2 unspecified atom stereocenters. The lowest BCUT2D eigenvalue weighted by molar-refractivity contribution is -0.157. The van der Waals surface area contributed by atoms with Crippen LogP contribution in [0.3, 0.4) is 0 Å². The zero-order valence-corrected chi connectivity index (χ0v) is 26.8. The number of aliphatic hydroxyl groups excluding tert-OH is 2. The van der Waals surface area contributed by atoms with Crippen molar-refractivity contribution < 1.29 is 28.9 Å². The number of benzene rings is 3. The van der Waals surface area contributed by atoms with Gasteiger partial charge in [0.15, 0.2) is 5.78 Å². The third-order valence-electron chi connectivity index (χ3n) is 7.57. The summed E-state index contributed by atoms with van der Waals surface area (Å²) < 4.78 is 21.5. The molecule has 7 heteroatoms. The van der Waals surface area contributed by atoms with Gasteiger partial charge in [-0.2, -0.15) is 0 Å². The van der Waals surface area contributed by atoms with Crippen LogP contribution in [-0.4, -0.2) is 44.3 Å². The third-order valence-corrected chi connectivity index (χ3v) is 7.57. The van der Waals surface area contributed by atoms with Gasteiger partial charge in [-0.3, -0.25) is 9.59 Å². The van der Waals surface area contributed by atoms with Crippen molar-refractivity contribution in [2.75, 3.05) is 0 Å². The van der Waals surface area contributed by atoms with Crippen LogP contribution in [0.4, 0.5) is 4.39 Å². The molecule has 3 aromatic carbocycles. The van der Waals surface area contributed by atoms with Crippen molar-refractivity contribution in [3.8, 4) is 22.4 Å². The fraction of sp³-hybridized carbons (Fsp3) is 0.368. The first-order valence-electron chi connectivity index (χ1n) is 15.6. The Labute approximate surface area is 265 Å². The molecule has 6 nitrogen and oxygen atoms in total. The molecule has 0 aliphatic carbocycles. The van der Waals surface area contributed by atoms with Crippen molar-refractivity contribution in [2.45, 2.75) is 90.6 Å². The van der Waals surface area contributed by atoms with E-state index < -0.39 is 23.8 Å². The minimum absolute atomic E-state index is 0.00522. The summed E-state index contributed by atoms with van der Waals surface area (Å²) in [6, 6.07) is 25.6. The van der Waals surface area contributed by atoms with Crippen LogP contribution < -0.4 is 0 Å². The molecule has 4 aromatic rings. The van der Waals surface area contributed by atoms with E-state index in [1.165, 1.54) is 12.1 Å². The van der Waals surface area contributed by atoms with Gasteiger partial charge < -0.3 is 19.5 Å². The molecule has 0 aliphatic heterocycles. The number of carbonyl (C=O) groups excluding carboxylic acids is 2. The minimum Gasteiger partial charge on any atom is -0.460 e. The summed E-state index contributed by atoms with van der Waals surface area (Å²) in [5, 5.41) is 21.6. The van der Waals surface area contributed by atoms with Gasteiger partial charge in [-0.1, -0.05) is 74.5 Å². The second kappa shape index (κ2) is 14.8. The number of hydrogen-bond acceptors (Lipinski definition) is 5. The number of hydrogen-bond donors (Lipinski definition) is 2. The van der Waals surface area contributed by atoms with Gasteiger partial charge in [0, 0.05) is 29.8 Å². The van der Waals surface area contributed by atoms with Gasteiger partial charge in [0.2, 0.25) is 0 Å². The number of carbonyl (C=O) groups is 2. The van der Waals surface area contributed by atoms with E-state index >= 15 is 0 Å². The molecule has 1 aromatic heterocycles. The molecule has 45 heavy (non-hydrogen) atoms. The number of ketones is 1. The number of ether oxygens (including phenoxy) is 1. The average molecular weight is 614 g/mol. The van der Waals surface area contributed by atoms with E-state index in [0.29, 0.717) is 12.1 Å². The molecule has 4 rings (SSSR count). The fourth-order valence-corrected chi connectivity index (χ4v) is 5.78. The predicted octanol–water partition coefficient (Wildman–Crippen LogP) is 7.74. The molecular weight excluding hydrogens is 569 g/mol. The third kappa shape index (κ3) is 8.99. The van der Waals surface area contributed by atoms with Crippen molar-refractivity contribution in [1.29, 1.82) is 0 Å². The standard InChI is InChI=1S/C38H44FNO5/c1-25(2)36-35(32(43)22-26-12-8-6-9-13-26)34(27-14-10-7-11-15-27)37(28-16-18-29(39)19-17-28)40(36)21-20-30(41)23-31(42)24-33(44)45-38(3,4)5/h6-19,25,30-31,41-42H,20-24H2,1-5H3. The topological polar surface area (TPSA) is 88.8 Å². The van der Waals surface area contributed by atoms with Gasteiger partial charge in [0.05, 0.1) is 24.3 Å². The summed E-state index contributed by atoms with van der Waals surface area (Å²) in [5.74, 6) is -0.982. The van der Waals surface area contributed by atoms with Crippen LogP contribution in [0.2, 0.25) is 0 Å². The molecule has 238 valence electrons. The monoisotopic (exact) mass is 613 g/mol.